The normalized spacial score (nSPS) is 16.6. The summed E-state index contributed by atoms with van der Waals surface area (Å²) in [4.78, 5) is 8.99. The number of nitrogens with one attached hydrogen (secondary N) is 1. The molecule has 1 aliphatic heterocycles. The number of hydrogen-bond donors (Lipinski definition) is 1. The van der Waals surface area contributed by atoms with E-state index in [9.17, 15) is 0 Å². The van der Waals surface area contributed by atoms with Crippen molar-refractivity contribution in [3.63, 3.8) is 0 Å². The molecular weight excluding hydrogens is 514 g/mol. The lowest BCUT2D eigenvalue weighted by molar-refractivity contribution is 0.482. The van der Waals surface area contributed by atoms with E-state index >= 15 is 0 Å². The lowest BCUT2D eigenvalue weighted by atomic mass is 10.0. The quantitative estimate of drug-likeness (QED) is 0.218. The van der Waals surface area contributed by atoms with E-state index in [1.807, 2.05) is 68.8 Å². The summed E-state index contributed by atoms with van der Waals surface area (Å²) >= 11 is 5.95. The molecule has 40 heavy (non-hydrogen) atoms. The number of hydrogen-bond acceptors (Lipinski definition) is 4. The minimum absolute atomic E-state index is 0.130. The second-order valence-corrected chi connectivity index (χ2v) is 10.5. The zero-order valence-corrected chi connectivity index (χ0v) is 23.5. The van der Waals surface area contributed by atoms with Crippen LogP contribution in [-0.2, 0) is 0 Å². The van der Waals surface area contributed by atoms with E-state index < -0.39 is 0 Å². The molecule has 0 bridgehead atoms. The van der Waals surface area contributed by atoms with Crippen LogP contribution >= 0.6 is 12.2 Å². The van der Waals surface area contributed by atoms with Gasteiger partial charge in [-0.3, -0.25) is 4.98 Å². The minimum atomic E-state index is -0.133. The summed E-state index contributed by atoms with van der Waals surface area (Å²) in [6.45, 7) is 2.06. The highest BCUT2D eigenvalue weighted by atomic mass is 32.1. The number of rotatable bonds is 7. The van der Waals surface area contributed by atoms with Crippen molar-refractivity contribution in [2.45, 2.75) is 19.0 Å². The van der Waals surface area contributed by atoms with Crippen molar-refractivity contribution in [3.05, 3.63) is 132 Å². The lowest BCUT2D eigenvalue weighted by Gasteiger charge is -2.29. The van der Waals surface area contributed by atoms with Gasteiger partial charge in [0.1, 0.15) is 17.5 Å². The predicted octanol–water partition coefficient (Wildman–Crippen LogP) is 7.22. The van der Waals surface area contributed by atoms with E-state index in [-0.39, 0.29) is 12.1 Å². The highest BCUT2D eigenvalue weighted by Gasteiger charge is 2.42. The van der Waals surface area contributed by atoms with E-state index in [1.54, 1.807) is 0 Å². The van der Waals surface area contributed by atoms with E-state index in [0.29, 0.717) is 5.11 Å². The van der Waals surface area contributed by atoms with E-state index in [0.717, 1.165) is 39.9 Å². The molecule has 0 unspecified atom stereocenters. The second kappa shape index (κ2) is 10.9. The number of pyridine rings is 1. The maximum Gasteiger partial charge on any atom is 0.174 e. The number of aryl methyl sites for hydroxylation is 1. The van der Waals surface area contributed by atoms with Gasteiger partial charge in [0.05, 0.1) is 11.7 Å². The van der Waals surface area contributed by atoms with Crippen LogP contribution in [0.3, 0.4) is 0 Å². The van der Waals surface area contributed by atoms with Gasteiger partial charge in [0.2, 0.25) is 0 Å². The molecular formula is C33H31N5OS. The average molecular weight is 546 g/mol. The topological polar surface area (TPSA) is 45.6 Å². The highest BCUT2D eigenvalue weighted by molar-refractivity contribution is 7.80. The predicted molar refractivity (Wildman–Crippen MR) is 166 cm³/mol. The molecule has 6 nitrogen and oxygen atoms in total. The molecule has 5 aromatic rings. The molecule has 3 heterocycles. The Morgan fingerprint density at radius 2 is 1.48 bits per heavy atom. The van der Waals surface area contributed by atoms with E-state index in [1.165, 1.54) is 5.56 Å². The molecule has 3 aromatic carbocycles. The summed E-state index contributed by atoms with van der Waals surface area (Å²) < 4.78 is 8.32. The van der Waals surface area contributed by atoms with Crippen LogP contribution in [0.2, 0.25) is 0 Å². The van der Waals surface area contributed by atoms with Gasteiger partial charge in [-0.2, -0.15) is 0 Å². The van der Waals surface area contributed by atoms with Crippen LogP contribution in [0, 0.1) is 6.92 Å². The largest absolute Gasteiger partial charge is 0.457 e. The smallest absolute Gasteiger partial charge is 0.174 e. The second-order valence-electron chi connectivity index (χ2n) is 10.1. The van der Waals surface area contributed by atoms with Gasteiger partial charge in [0.15, 0.2) is 5.11 Å². The van der Waals surface area contributed by atoms with Crippen molar-refractivity contribution in [1.82, 2.24) is 14.9 Å². The average Bonchev–Trinajstić information content (AvgIpc) is 3.59. The first-order valence-corrected chi connectivity index (χ1v) is 13.7. The molecule has 2 atom stereocenters. The molecule has 1 aliphatic rings. The summed E-state index contributed by atoms with van der Waals surface area (Å²) in [5.41, 5.74) is 6.47. The highest BCUT2D eigenvalue weighted by Crippen LogP contribution is 2.42. The zero-order valence-electron chi connectivity index (χ0n) is 22.7. The summed E-state index contributed by atoms with van der Waals surface area (Å²) in [6, 6.07) is 34.7. The lowest BCUT2D eigenvalue weighted by Crippen LogP contribution is -2.30. The first kappa shape index (κ1) is 25.6. The SMILES string of the molecule is Cc1ccc(Oc2ccc(N3C(=S)N[C@@H](c4ccccn4)[C@@H]3c3cccn3-c3ccc(N(C)C)cc3)cc2)cc1. The minimum Gasteiger partial charge on any atom is -0.457 e. The Hall–Kier alpha value is -4.62. The van der Waals surface area contributed by atoms with Crippen LogP contribution in [0.4, 0.5) is 11.4 Å². The number of anilines is 2. The summed E-state index contributed by atoms with van der Waals surface area (Å²) in [6.07, 6.45) is 3.93. The molecule has 2 aromatic heterocycles. The van der Waals surface area contributed by atoms with Gasteiger partial charge in [-0.1, -0.05) is 23.8 Å². The number of benzene rings is 3. The first-order chi connectivity index (χ1) is 19.5. The molecule has 0 amide bonds. The molecule has 0 aliphatic carbocycles. The fraction of sp³-hybridized carbons (Fsp3) is 0.152. The van der Waals surface area contributed by atoms with E-state index in [4.69, 9.17) is 21.9 Å². The maximum absolute atomic E-state index is 6.09. The molecule has 0 saturated carbocycles. The van der Waals surface area contributed by atoms with Crippen LogP contribution in [0.25, 0.3) is 5.69 Å². The summed E-state index contributed by atoms with van der Waals surface area (Å²) in [5, 5.41) is 4.22. The van der Waals surface area contributed by atoms with Crippen molar-refractivity contribution >= 4 is 28.7 Å². The van der Waals surface area contributed by atoms with Gasteiger partial charge in [0.25, 0.3) is 0 Å². The Kier molecular flexibility index (Phi) is 6.97. The summed E-state index contributed by atoms with van der Waals surface area (Å²) in [7, 11) is 4.10. The molecule has 1 saturated heterocycles. The number of aromatic nitrogens is 2. The zero-order chi connectivity index (χ0) is 27.6. The van der Waals surface area contributed by atoms with Crippen molar-refractivity contribution in [1.29, 1.82) is 0 Å². The molecule has 200 valence electrons. The molecule has 6 rings (SSSR count). The fourth-order valence-electron chi connectivity index (χ4n) is 5.13. The Labute approximate surface area is 240 Å². The summed E-state index contributed by atoms with van der Waals surface area (Å²) in [5.74, 6) is 1.58. The molecule has 0 spiro atoms. The molecule has 0 radical (unpaired) electrons. The Morgan fingerprint density at radius 1 is 0.800 bits per heavy atom. The monoisotopic (exact) mass is 545 g/mol. The number of nitrogens with zero attached hydrogens (tertiary/aromatic N) is 4. The van der Waals surface area contributed by atoms with Gasteiger partial charge in [-0.25, -0.2) is 0 Å². The third kappa shape index (κ3) is 5.03. The Bertz CT molecular complexity index is 1600. The van der Waals surface area contributed by atoms with Gasteiger partial charge in [-0.05, 0) is 104 Å². The number of thiocarbonyl (C=S) groups is 1. The van der Waals surface area contributed by atoms with Crippen LogP contribution in [0.15, 0.2) is 116 Å². The fourth-order valence-corrected chi connectivity index (χ4v) is 5.48. The van der Waals surface area contributed by atoms with Crippen molar-refractivity contribution < 1.29 is 4.74 Å². The van der Waals surface area contributed by atoms with Gasteiger partial charge >= 0.3 is 0 Å². The molecule has 1 fully saturated rings. The van der Waals surface area contributed by atoms with Crippen LogP contribution < -0.4 is 19.9 Å². The van der Waals surface area contributed by atoms with Gasteiger partial charge in [0, 0.05) is 49.2 Å². The van der Waals surface area contributed by atoms with Crippen molar-refractivity contribution in [2.75, 3.05) is 23.9 Å². The van der Waals surface area contributed by atoms with Gasteiger partial charge < -0.3 is 24.4 Å². The molecule has 1 N–H and O–H groups in total. The number of ether oxygens (including phenoxy) is 1. The standard InChI is InChI=1S/C33H31N5OS/c1-23-9-17-27(18-10-23)39-28-19-15-26(16-20-28)38-32(31(35-33(38)40)29-7-4-5-21-34-29)30-8-6-22-37(30)25-13-11-24(12-14-25)36(2)3/h4-22,31-32H,1-3H3,(H,35,40)/t31-,32-/m0/s1. The van der Waals surface area contributed by atoms with Crippen LogP contribution in [0.5, 0.6) is 11.5 Å². The van der Waals surface area contributed by atoms with E-state index in [2.05, 4.69) is 87.4 Å². The van der Waals surface area contributed by atoms with Crippen molar-refractivity contribution in [3.8, 4) is 17.2 Å². The third-order valence-corrected chi connectivity index (χ3v) is 7.51. The van der Waals surface area contributed by atoms with Crippen LogP contribution in [0.1, 0.15) is 29.0 Å². The van der Waals surface area contributed by atoms with Crippen LogP contribution in [-0.4, -0.2) is 28.8 Å². The first-order valence-electron chi connectivity index (χ1n) is 13.3. The maximum atomic E-state index is 6.09. The van der Waals surface area contributed by atoms with Gasteiger partial charge in [-0.15, -0.1) is 0 Å². The Balaban J connectivity index is 1.37. The third-order valence-electron chi connectivity index (χ3n) is 7.20. The Morgan fingerprint density at radius 3 is 2.12 bits per heavy atom. The van der Waals surface area contributed by atoms with Crippen molar-refractivity contribution in [2.24, 2.45) is 0 Å². The molecule has 7 heteroatoms.